The maximum absolute atomic E-state index is 5.33. The van der Waals surface area contributed by atoms with Gasteiger partial charge in [0, 0.05) is 22.2 Å². The van der Waals surface area contributed by atoms with Crippen LogP contribution in [0.4, 0.5) is 0 Å². The van der Waals surface area contributed by atoms with Crippen molar-refractivity contribution < 1.29 is 4.74 Å². The van der Waals surface area contributed by atoms with Crippen molar-refractivity contribution in [2.45, 2.75) is 6.92 Å². The zero-order valence-electron chi connectivity index (χ0n) is 15.0. The second kappa shape index (κ2) is 6.93. The number of methoxy groups -OCH3 is 1. The lowest BCUT2D eigenvalue weighted by molar-refractivity contribution is 0.415. The highest BCUT2D eigenvalue weighted by Gasteiger charge is 2.14. The van der Waals surface area contributed by atoms with E-state index in [0.717, 1.165) is 11.3 Å². The topological polar surface area (TPSA) is 25.0 Å². The molecule has 0 radical (unpaired) electrons. The van der Waals surface area contributed by atoms with E-state index in [1.54, 1.807) is 7.11 Å². The first-order valence-electron chi connectivity index (χ1n) is 8.75. The molecule has 0 unspecified atom stereocenters. The zero-order valence-corrected chi connectivity index (χ0v) is 15.0. The highest BCUT2D eigenvalue weighted by Crippen LogP contribution is 2.34. The fraction of sp³-hybridized carbons (Fsp3) is 0.0833. The number of nitrogens with one attached hydrogen (secondary N) is 1. The van der Waals surface area contributed by atoms with E-state index in [9.17, 15) is 0 Å². The lowest BCUT2D eigenvalue weighted by Gasteiger charge is -2.11. The summed E-state index contributed by atoms with van der Waals surface area (Å²) in [5.74, 6) is 0.864. The van der Waals surface area contributed by atoms with Gasteiger partial charge in [-0.1, -0.05) is 60.7 Å². The number of benzene rings is 3. The summed E-state index contributed by atoms with van der Waals surface area (Å²) in [7, 11) is 1.69. The Morgan fingerprint density at radius 2 is 1.54 bits per heavy atom. The Kier molecular flexibility index (Phi) is 4.32. The monoisotopic (exact) mass is 339 g/mol. The fourth-order valence-electron chi connectivity index (χ4n) is 3.41. The molecule has 2 nitrogen and oxygen atoms in total. The van der Waals surface area contributed by atoms with Gasteiger partial charge in [-0.15, -0.1) is 0 Å². The van der Waals surface area contributed by atoms with Crippen molar-refractivity contribution in [2.24, 2.45) is 0 Å². The van der Waals surface area contributed by atoms with Crippen molar-refractivity contribution in [2.75, 3.05) is 7.11 Å². The fourth-order valence-corrected chi connectivity index (χ4v) is 3.41. The first-order valence-corrected chi connectivity index (χ1v) is 8.75. The molecule has 0 fully saturated rings. The third-order valence-corrected chi connectivity index (χ3v) is 4.67. The van der Waals surface area contributed by atoms with Crippen LogP contribution in [0.3, 0.4) is 0 Å². The Hall–Kier alpha value is -3.26. The maximum Gasteiger partial charge on any atom is 0.118 e. The van der Waals surface area contributed by atoms with Gasteiger partial charge in [0.25, 0.3) is 0 Å². The molecule has 0 amide bonds. The van der Waals surface area contributed by atoms with Gasteiger partial charge in [0.15, 0.2) is 0 Å². The molecule has 128 valence electrons. The first kappa shape index (κ1) is 16.2. The van der Waals surface area contributed by atoms with Crippen LogP contribution < -0.4 is 4.74 Å². The van der Waals surface area contributed by atoms with Gasteiger partial charge in [-0.2, -0.15) is 0 Å². The van der Waals surface area contributed by atoms with E-state index >= 15 is 0 Å². The molecule has 1 N–H and O–H groups in total. The van der Waals surface area contributed by atoms with Crippen molar-refractivity contribution in [1.82, 2.24) is 4.98 Å². The Morgan fingerprint density at radius 3 is 2.27 bits per heavy atom. The van der Waals surface area contributed by atoms with Gasteiger partial charge in [0.2, 0.25) is 0 Å². The summed E-state index contributed by atoms with van der Waals surface area (Å²) in [5.41, 5.74) is 7.13. The number of H-pyrrole nitrogens is 1. The third kappa shape index (κ3) is 3.02. The molecule has 0 bridgehead atoms. The molecule has 0 saturated heterocycles. The quantitative estimate of drug-likeness (QED) is 0.448. The van der Waals surface area contributed by atoms with E-state index < -0.39 is 0 Å². The molecule has 0 spiro atoms. The predicted octanol–water partition coefficient (Wildman–Crippen LogP) is 6.07. The largest absolute Gasteiger partial charge is 0.497 e. The van der Waals surface area contributed by atoms with Crippen LogP contribution >= 0.6 is 0 Å². The van der Waals surface area contributed by atoms with Gasteiger partial charge in [-0.05, 0) is 47.9 Å². The molecule has 3 aromatic carbocycles. The van der Waals surface area contributed by atoms with Gasteiger partial charge in [0.1, 0.15) is 5.75 Å². The van der Waals surface area contributed by atoms with Gasteiger partial charge in [0.05, 0.1) is 7.11 Å². The summed E-state index contributed by atoms with van der Waals surface area (Å²) in [4.78, 5) is 3.52. The molecular weight excluding hydrogens is 318 g/mol. The highest BCUT2D eigenvalue weighted by atomic mass is 16.5. The molecule has 0 atom stereocenters. The molecule has 0 saturated carbocycles. The average Bonchev–Trinajstić information content (AvgIpc) is 3.03. The molecule has 4 rings (SSSR count). The van der Waals surface area contributed by atoms with Gasteiger partial charge in [-0.25, -0.2) is 0 Å². The second-order valence-electron chi connectivity index (χ2n) is 6.37. The Labute approximate surface area is 153 Å². The number of hydrogen-bond acceptors (Lipinski definition) is 1. The van der Waals surface area contributed by atoms with Crippen molar-refractivity contribution in [3.8, 4) is 5.75 Å². The Bertz CT molecular complexity index is 1060. The number of aryl methyl sites for hydroxylation is 1. The lowest BCUT2D eigenvalue weighted by atomic mass is 9.93. The first-order chi connectivity index (χ1) is 12.8. The summed E-state index contributed by atoms with van der Waals surface area (Å²) in [6.07, 6.45) is 2.25. The number of aromatic nitrogens is 1. The highest BCUT2D eigenvalue weighted by molar-refractivity contribution is 6.03. The van der Waals surface area contributed by atoms with Crippen LogP contribution in [0.2, 0.25) is 0 Å². The molecule has 0 aliphatic carbocycles. The van der Waals surface area contributed by atoms with Crippen molar-refractivity contribution in [3.05, 3.63) is 101 Å². The third-order valence-electron chi connectivity index (χ3n) is 4.67. The minimum absolute atomic E-state index is 0.864. The molecule has 2 heteroatoms. The minimum Gasteiger partial charge on any atom is -0.497 e. The second-order valence-corrected chi connectivity index (χ2v) is 6.37. The van der Waals surface area contributed by atoms with Crippen LogP contribution in [0, 0.1) is 6.92 Å². The van der Waals surface area contributed by atoms with Gasteiger partial charge < -0.3 is 9.72 Å². The minimum atomic E-state index is 0.864. The summed E-state index contributed by atoms with van der Waals surface area (Å²) in [6, 6.07) is 27.2. The van der Waals surface area contributed by atoms with Crippen LogP contribution in [0.5, 0.6) is 5.75 Å². The molecule has 0 aliphatic heterocycles. The normalized spacial score (nSPS) is 11.7. The number of para-hydroxylation sites is 1. The molecule has 0 aliphatic rings. The summed E-state index contributed by atoms with van der Waals surface area (Å²) < 4.78 is 5.33. The average molecular weight is 339 g/mol. The van der Waals surface area contributed by atoms with Crippen molar-refractivity contribution >= 4 is 22.6 Å². The van der Waals surface area contributed by atoms with Crippen molar-refractivity contribution in [1.29, 1.82) is 0 Å². The Morgan fingerprint density at radius 1 is 0.846 bits per heavy atom. The van der Waals surface area contributed by atoms with Crippen LogP contribution in [0.1, 0.15) is 22.4 Å². The van der Waals surface area contributed by atoms with E-state index in [-0.39, 0.29) is 0 Å². The van der Waals surface area contributed by atoms with E-state index in [4.69, 9.17) is 4.74 Å². The van der Waals surface area contributed by atoms with Crippen molar-refractivity contribution in [3.63, 3.8) is 0 Å². The number of aromatic amines is 1. The lowest BCUT2D eigenvalue weighted by Crippen LogP contribution is -1.91. The summed E-state index contributed by atoms with van der Waals surface area (Å²) in [6.45, 7) is 2.14. The number of ether oxygens (including phenoxy) is 1. The number of rotatable bonds is 4. The molecule has 1 heterocycles. The van der Waals surface area contributed by atoms with Crippen LogP contribution in [0.25, 0.3) is 22.6 Å². The SMILES string of the molecule is COc1ccc(/C(=C/c2ccccc2)c2c(C)[nH]c3ccccc23)cc1. The van der Waals surface area contributed by atoms with Crippen LogP contribution in [-0.4, -0.2) is 12.1 Å². The van der Waals surface area contributed by atoms with Crippen LogP contribution in [-0.2, 0) is 0 Å². The van der Waals surface area contributed by atoms with Gasteiger partial charge >= 0.3 is 0 Å². The molecule has 4 aromatic rings. The van der Waals surface area contributed by atoms with Crippen LogP contribution in [0.15, 0.2) is 78.9 Å². The smallest absolute Gasteiger partial charge is 0.118 e. The van der Waals surface area contributed by atoms with E-state index in [2.05, 4.69) is 78.6 Å². The Balaban J connectivity index is 1.95. The number of fused-ring (bicyclic) bond motifs is 1. The molecule has 26 heavy (non-hydrogen) atoms. The molecule has 1 aromatic heterocycles. The number of hydrogen-bond donors (Lipinski definition) is 1. The van der Waals surface area contributed by atoms with E-state index in [0.29, 0.717) is 0 Å². The zero-order chi connectivity index (χ0) is 17.9. The maximum atomic E-state index is 5.33. The predicted molar refractivity (Wildman–Crippen MR) is 109 cm³/mol. The van der Waals surface area contributed by atoms with E-state index in [1.807, 2.05) is 18.2 Å². The summed E-state index contributed by atoms with van der Waals surface area (Å²) in [5, 5.41) is 1.24. The van der Waals surface area contributed by atoms with Gasteiger partial charge in [-0.3, -0.25) is 0 Å². The van der Waals surface area contributed by atoms with E-state index in [1.165, 1.54) is 33.3 Å². The standard InChI is InChI=1S/C24H21NO/c1-17-24(21-10-6-7-11-23(21)25-17)22(16-18-8-4-3-5-9-18)19-12-14-20(26-2)15-13-19/h3-16,25H,1-2H3/b22-16-. The summed E-state index contributed by atoms with van der Waals surface area (Å²) >= 11 is 0. The molecular formula is C24H21NO.